The Labute approximate surface area is 78.0 Å². The Bertz CT molecular complexity index is 313. The van der Waals surface area contributed by atoms with Crippen molar-refractivity contribution in [1.29, 1.82) is 0 Å². The first kappa shape index (κ1) is 10.3. The minimum Gasteiger partial charge on any atom is -0.497 e. The molecule has 1 heterocycles. The van der Waals surface area contributed by atoms with Gasteiger partial charge in [-0.3, -0.25) is 4.18 Å². The fourth-order valence-electron chi connectivity index (χ4n) is 0.911. The standard InChI is InChI=1S/C8H12O4S/c1-13(9,10)12-7-4-8-2-5-11-6-3-8/h2-3,5H,4,6-7H2,1H3. The van der Waals surface area contributed by atoms with E-state index in [4.69, 9.17) is 4.74 Å². The second kappa shape index (κ2) is 4.43. The van der Waals surface area contributed by atoms with Gasteiger partial charge < -0.3 is 4.74 Å². The van der Waals surface area contributed by atoms with Gasteiger partial charge >= 0.3 is 0 Å². The monoisotopic (exact) mass is 204 g/mol. The molecule has 0 amide bonds. The van der Waals surface area contributed by atoms with Crippen LogP contribution >= 0.6 is 0 Å². The summed E-state index contributed by atoms with van der Waals surface area (Å²) in [6.45, 7) is 0.736. The van der Waals surface area contributed by atoms with Crippen molar-refractivity contribution in [1.82, 2.24) is 0 Å². The molecule has 1 aliphatic heterocycles. The lowest BCUT2D eigenvalue weighted by molar-refractivity contribution is 0.281. The molecule has 0 aliphatic carbocycles. The van der Waals surface area contributed by atoms with Crippen LogP contribution in [-0.4, -0.2) is 27.9 Å². The number of hydrogen-bond donors (Lipinski definition) is 0. The third-order valence-electron chi connectivity index (χ3n) is 1.51. The van der Waals surface area contributed by atoms with E-state index >= 15 is 0 Å². The second-order valence-corrected chi connectivity index (χ2v) is 4.34. The van der Waals surface area contributed by atoms with Gasteiger partial charge in [0.05, 0.1) is 19.1 Å². The Hall–Kier alpha value is -0.810. The van der Waals surface area contributed by atoms with Gasteiger partial charge in [-0.25, -0.2) is 0 Å². The molecule has 0 aromatic rings. The molecule has 13 heavy (non-hydrogen) atoms. The smallest absolute Gasteiger partial charge is 0.264 e. The average molecular weight is 204 g/mol. The zero-order chi connectivity index (χ0) is 9.73. The largest absolute Gasteiger partial charge is 0.497 e. The fourth-order valence-corrected chi connectivity index (χ4v) is 1.30. The first-order chi connectivity index (χ1) is 6.08. The van der Waals surface area contributed by atoms with E-state index in [1.54, 1.807) is 12.3 Å². The predicted octanol–water partition coefficient (Wildman–Crippen LogP) is 0.823. The van der Waals surface area contributed by atoms with Crippen LogP contribution in [0.3, 0.4) is 0 Å². The Morgan fingerprint density at radius 3 is 2.92 bits per heavy atom. The van der Waals surface area contributed by atoms with E-state index in [0.29, 0.717) is 13.0 Å². The molecule has 0 saturated heterocycles. The summed E-state index contributed by atoms with van der Waals surface area (Å²) in [5, 5.41) is 0. The molecule has 0 N–H and O–H groups in total. The Kier molecular flexibility index (Phi) is 3.50. The first-order valence-corrected chi connectivity index (χ1v) is 5.71. The van der Waals surface area contributed by atoms with Crippen molar-refractivity contribution in [2.75, 3.05) is 19.5 Å². The van der Waals surface area contributed by atoms with Crippen LogP contribution in [0.5, 0.6) is 0 Å². The summed E-state index contributed by atoms with van der Waals surface area (Å²) < 4.78 is 30.7. The third-order valence-corrected chi connectivity index (χ3v) is 2.10. The highest BCUT2D eigenvalue weighted by Crippen LogP contribution is 2.08. The van der Waals surface area contributed by atoms with Gasteiger partial charge in [0.1, 0.15) is 6.61 Å². The summed E-state index contributed by atoms with van der Waals surface area (Å²) in [6, 6.07) is 0. The first-order valence-electron chi connectivity index (χ1n) is 3.89. The number of ether oxygens (including phenoxy) is 1. The van der Waals surface area contributed by atoms with Gasteiger partial charge in [-0.2, -0.15) is 8.42 Å². The summed E-state index contributed by atoms with van der Waals surface area (Å²) in [5.41, 5.74) is 1.04. The molecular weight excluding hydrogens is 192 g/mol. The fraction of sp³-hybridized carbons (Fsp3) is 0.500. The van der Waals surface area contributed by atoms with Gasteiger partial charge in [-0.05, 0) is 24.1 Å². The topological polar surface area (TPSA) is 52.6 Å². The highest BCUT2D eigenvalue weighted by Gasteiger charge is 2.03. The zero-order valence-corrected chi connectivity index (χ0v) is 8.21. The molecule has 5 heteroatoms. The molecule has 0 spiro atoms. The van der Waals surface area contributed by atoms with Crippen LogP contribution in [0.1, 0.15) is 6.42 Å². The summed E-state index contributed by atoms with van der Waals surface area (Å²) in [5.74, 6) is 0. The molecule has 0 saturated carbocycles. The van der Waals surface area contributed by atoms with Crippen molar-refractivity contribution in [3.63, 3.8) is 0 Å². The molecule has 0 unspecified atom stereocenters. The van der Waals surface area contributed by atoms with Crippen LogP contribution in [0.4, 0.5) is 0 Å². The molecule has 0 fully saturated rings. The minimum absolute atomic E-state index is 0.189. The van der Waals surface area contributed by atoms with Crippen molar-refractivity contribution in [3.8, 4) is 0 Å². The van der Waals surface area contributed by atoms with Crippen molar-refractivity contribution in [3.05, 3.63) is 24.0 Å². The molecule has 0 atom stereocenters. The predicted molar refractivity (Wildman–Crippen MR) is 48.6 cm³/mol. The van der Waals surface area contributed by atoms with Crippen LogP contribution in [0.15, 0.2) is 24.0 Å². The maximum absolute atomic E-state index is 10.6. The van der Waals surface area contributed by atoms with E-state index in [9.17, 15) is 8.42 Å². The van der Waals surface area contributed by atoms with Crippen LogP contribution in [0, 0.1) is 0 Å². The van der Waals surface area contributed by atoms with E-state index < -0.39 is 10.1 Å². The van der Waals surface area contributed by atoms with Crippen molar-refractivity contribution >= 4 is 10.1 Å². The van der Waals surface area contributed by atoms with Gasteiger partial charge in [0, 0.05) is 0 Å². The van der Waals surface area contributed by atoms with E-state index in [2.05, 4.69) is 4.18 Å². The summed E-state index contributed by atoms with van der Waals surface area (Å²) in [6.07, 6.45) is 6.92. The van der Waals surface area contributed by atoms with Crippen molar-refractivity contribution in [2.24, 2.45) is 0 Å². The van der Waals surface area contributed by atoms with Crippen LogP contribution in [-0.2, 0) is 19.0 Å². The Balaban J connectivity index is 2.27. The van der Waals surface area contributed by atoms with E-state index in [-0.39, 0.29) is 6.61 Å². The van der Waals surface area contributed by atoms with E-state index in [1.165, 1.54) is 0 Å². The lowest BCUT2D eigenvalue weighted by atomic mass is 10.2. The van der Waals surface area contributed by atoms with Crippen molar-refractivity contribution < 1.29 is 17.3 Å². The normalized spacial score (nSPS) is 16.5. The molecule has 1 aliphatic rings. The summed E-state index contributed by atoms with van der Waals surface area (Å²) in [7, 11) is -3.31. The molecule has 4 nitrogen and oxygen atoms in total. The highest BCUT2D eigenvalue weighted by molar-refractivity contribution is 7.85. The van der Waals surface area contributed by atoms with Crippen molar-refractivity contribution in [2.45, 2.75) is 6.42 Å². The van der Waals surface area contributed by atoms with Crippen LogP contribution < -0.4 is 0 Å². The van der Waals surface area contributed by atoms with Gasteiger partial charge in [-0.15, -0.1) is 0 Å². The van der Waals surface area contributed by atoms with Crippen LogP contribution in [0.25, 0.3) is 0 Å². The average Bonchev–Trinajstić information content (AvgIpc) is 2.04. The molecule has 0 aromatic carbocycles. The van der Waals surface area contributed by atoms with Gasteiger partial charge in [0.25, 0.3) is 10.1 Å². The lowest BCUT2D eigenvalue weighted by Gasteiger charge is -2.07. The highest BCUT2D eigenvalue weighted by atomic mass is 32.2. The number of allylic oxidation sites excluding steroid dienone is 1. The van der Waals surface area contributed by atoms with Gasteiger partial charge in [-0.1, -0.05) is 0 Å². The second-order valence-electron chi connectivity index (χ2n) is 2.69. The molecule has 0 radical (unpaired) electrons. The number of rotatable bonds is 4. The van der Waals surface area contributed by atoms with Gasteiger partial charge in [0.2, 0.25) is 0 Å². The summed E-state index contributed by atoms with van der Waals surface area (Å²) >= 11 is 0. The quantitative estimate of drug-likeness (QED) is 0.636. The number of hydrogen-bond acceptors (Lipinski definition) is 4. The maximum atomic E-state index is 10.6. The Morgan fingerprint density at radius 2 is 2.38 bits per heavy atom. The van der Waals surface area contributed by atoms with Crippen LogP contribution in [0.2, 0.25) is 0 Å². The molecule has 0 bridgehead atoms. The van der Waals surface area contributed by atoms with E-state index in [1.807, 2.05) is 6.08 Å². The summed E-state index contributed by atoms with van der Waals surface area (Å²) in [4.78, 5) is 0. The lowest BCUT2D eigenvalue weighted by Crippen LogP contribution is -2.05. The SMILES string of the molecule is CS(=O)(=O)OCCC1=CCOC=C1. The maximum Gasteiger partial charge on any atom is 0.264 e. The third kappa shape index (κ3) is 4.69. The molecule has 74 valence electrons. The van der Waals surface area contributed by atoms with E-state index in [0.717, 1.165) is 11.8 Å². The molecule has 1 rings (SSSR count). The van der Waals surface area contributed by atoms with Gasteiger partial charge in [0.15, 0.2) is 0 Å². The zero-order valence-electron chi connectivity index (χ0n) is 7.39. The Morgan fingerprint density at radius 1 is 1.62 bits per heavy atom. The molecular formula is C8H12O4S. The minimum atomic E-state index is -3.31. The molecule has 0 aromatic heterocycles.